The molecule has 110 valence electrons. The van der Waals surface area contributed by atoms with Crippen LogP contribution in [0.5, 0.6) is 0 Å². The van der Waals surface area contributed by atoms with E-state index >= 15 is 0 Å². The first-order chi connectivity index (χ1) is 10.6. The maximum absolute atomic E-state index is 12.2. The van der Waals surface area contributed by atoms with Crippen molar-refractivity contribution in [2.75, 3.05) is 0 Å². The third-order valence-corrected chi connectivity index (χ3v) is 3.73. The number of hydrogen-bond acceptors (Lipinski definition) is 3. The Balaban J connectivity index is 1.66. The van der Waals surface area contributed by atoms with E-state index < -0.39 is 0 Å². The molecule has 0 saturated heterocycles. The van der Waals surface area contributed by atoms with Gasteiger partial charge in [-0.05, 0) is 31.2 Å². The van der Waals surface area contributed by atoms with Crippen LogP contribution in [0.4, 0.5) is 0 Å². The van der Waals surface area contributed by atoms with Crippen LogP contribution in [-0.2, 0) is 0 Å². The van der Waals surface area contributed by atoms with Gasteiger partial charge in [-0.2, -0.15) is 0 Å². The van der Waals surface area contributed by atoms with E-state index in [-0.39, 0.29) is 24.4 Å². The van der Waals surface area contributed by atoms with Crippen molar-refractivity contribution in [1.29, 1.82) is 0 Å². The lowest BCUT2D eigenvalue weighted by molar-refractivity contribution is 0.0917. The molecule has 0 fully saturated rings. The highest BCUT2D eigenvalue weighted by Crippen LogP contribution is 2.18. The van der Waals surface area contributed by atoms with Crippen molar-refractivity contribution in [3.8, 4) is 0 Å². The van der Waals surface area contributed by atoms with Crippen molar-refractivity contribution in [1.82, 2.24) is 0 Å². The fraction of sp³-hybridized carbons (Fsp3) is 0.158. The molecule has 0 radical (unpaired) electrons. The van der Waals surface area contributed by atoms with Gasteiger partial charge in [-0.1, -0.05) is 29.8 Å². The van der Waals surface area contributed by atoms with E-state index in [4.69, 9.17) is 4.42 Å². The lowest BCUT2D eigenvalue weighted by Crippen LogP contribution is -2.05. The van der Waals surface area contributed by atoms with E-state index in [0.29, 0.717) is 11.1 Å². The lowest BCUT2D eigenvalue weighted by Gasteiger charge is -2.02. The normalized spacial score (nSPS) is 10.8. The Morgan fingerprint density at radius 3 is 2.23 bits per heavy atom. The summed E-state index contributed by atoms with van der Waals surface area (Å²) in [6, 6.07) is 14.6. The van der Waals surface area contributed by atoms with Gasteiger partial charge in [0.05, 0.1) is 6.26 Å². The van der Waals surface area contributed by atoms with Gasteiger partial charge in [-0.3, -0.25) is 9.59 Å². The monoisotopic (exact) mass is 292 g/mol. The molecule has 0 atom stereocenters. The molecule has 0 N–H and O–H groups in total. The molecule has 22 heavy (non-hydrogen) atoms. The minimum absolute atomic E-state index is 0.00209. The first kappa shape index (κ1) is 14.3. The molecule has 1 heterocycles. The molecule has 0 unspecified atom stereocenters. The van der Waals surface area contributed by atoms with Crippen LogP contribution >= 0.6 is 0 Å². The summed E-state index contributed by atoms with van der Waals surface area (Å²) in [5, 5.41) is 0.899. The zero-order valence-corrected chi connectivity index (χ0v) is 12.3. The van der Waals surface area contributed by atoms with Gasteiger partial charge in [0.15, 0.2) is 11.6 Å². The molecule has 0 amide bonds. The predicted molar refractivity (Wildman–Crippen MR) is 85.3 cm³/mol. The van der Waals surface area contributed by atoms with Crippen molar-refractivity contribution in [2.24, 2.45) is 0 Å². The third-order valence-electron chi connectivity index (χ3n) is 3.73. The van der Waals surface area contributed by atoms with E-state index in [9.17, 15) is 9.59 Å². The summed E-state index contributed by atoms with van der Waals surface area (Å²) in [6.07, 6.45) is 2.04. The zero-order valence-electron chi connectivity index (χ0n) is 12.3. The summed E-state index contributed by atoms with van der Waals surface area (Å²) >= 11 is 0. The fourth-order valence-electron chi connectivity index (χ4n) is 2.40. The third kappa shape index (κ3) is 2.98. The molecule has 3 aromatic rings. The Hall–Kier alpha value is -2.68. The van der Waals surface area contributed by atoms with Crippen LogP contribution in [0.3, 0.4) is 0 Å². The van der Waals surface area contributed by atoms with Crippen LogP contribution < -0.4 is 0 Å². The van der Waals surface area contributed by atoms with Crippen LogP contribution in [0.1, 0.15) is 39.1 Å². The van der Waals surface area contributed by atoms with Crippen LogP contribution in [0, 0.1) is 6.92 Å². The van der Waals surface area contributed by atoms with Gasteiger partial charge < -0.3 is 4.42 Å². The molecule has 1 aromatic heterocycles. The molecule has 0 aliphatic carbocycles. The molecule has 3 rings (SSSR count). The number of fused-ring (bicyclic) bond motifs is 1. The Labute approximate surface area is 128 Å². The summed E-state index contributed by atoms with van der Waals surface area (Å²) in [6.45, 7) is 1.98. The summed E-state index contributed by atoms with van der Waals surface area (Å²) in [4.78, 5) is 24.3. The second-order valence-electron chi connectivity index (χ2n) is 5.39. The van der Waals surface area contributed by atoms with Gasteiger partial charge in [-0.25, -0.2) is 0 Å². The van der Waals surface area contributed by atoms with Gasteiger partial charge in [0.2, 0.25) is 0 Å². The summed E-state index contributed by atoms with van der Waals surface area (Å²) < 4.78 is 5.25. The lowest BCUT2D eigenvalue weighted by atomic mass is 10.0. The smallest absolute Gasteiger partial charge is 0.163 e. The molecular weight excluding hydrogens is 276 g/mol. The number of aryl methyl sites for hydroxylation is 1. The number of hydrogen-bond donors (Lipinski definition) is 0. The average molecular weight is 292 g/mol. The van der Waals surface area contributed by atoms with E-state index in [1.807, 2.05) is 25.1 Å². The van der Waals surface area contributed by atoms with Crippen molar-refractivity contribution in [2.45, 2.75) is 19.8 Å². The van der Waals surface area contributed by atoms with Gasteiger partial charge in [0.25, 0.3) is 0 Å². The first-order valence-electron chi connectivity index (χ1n) is 7.24. The molecule has 0 aliphatic heterocycles. The fourth-order valence-corrected chi connectivity index (χ4v) is 2.40. The standard InChI is InChI=1S/C19H16O3/c1-13-2-4-14(5-3-13)17(20)7-8-18(21)15-6-9-19-16(12-15)10-11-22-19/h2-6,9-12H,7-8H2,1H3. The van der Waals surface area contributed by atoms with Crippen LogP contribution in [0.15, 0.2) is 59.2 Å². The van der Waals surface area contributed by atoms with Crippen molar-refractivity contribution >= 4 is 22.5 Å². The Bertz CT molecular complexity index is 825. The van der Waals surface area contributed by atoms with Crippen LogP contribution in [-0.4, -0.2) is 11.6 Å². The summed E-state index contributed by atoms with van der Waals surface area (Å²) in [7, 11) is 0. The molecule has 0 aliphatic rings. The largest absolute Gasteiger partial charge is 0.464 e. The Kier molecular flexibility index (Phi) is 3.88. The number of carbonyl (C=O) groups is 2. The van der Waals surface area contributed by atoms with E-state index in [2.05, 4.69) is 0 Å². The molecule has 3 heteroatoms. The Morgan fingerprint density at radius 1 is 0.864 bits per heavy atom. The molecule has 0 bridgehead atoms. The summed E-state index contributed by atoms with van der Waals surface area (Å²) in [5.41, 5.74) is 3.14. The molecule has 2 aromatic carbocycles. The minimum Gasteiger partial charge on any atom is -0.464 e. The highest BCUT2D eigenvalue weighted by molar-refractivity contribution is 6.03. The summed E-state index contributed by atoms with van der Waals surface area (Å²) in [5.74, 6) is -0.0266. The number of carbonyl (C=O) groups excluding carboxylic acids is 2. The van der Waals surface area contributed by atoms with Gasteiger partial charge in [-0.15, -0.1) is 0 Å². The quantitative estimate of drug-likeness (QED) is 0.646. The topological polar surface area (TPSA) is 47.3 Å². The van der Waals surface area contributed by atoms with Crippen molar-refractivity contribution in [3.05, 3.63) is 71.5 Å². The van der Waals surface area contributed by atoms with Crippen molar-refractivity contribution < 1.29 is 14.0 Å². The highest BCUT2D eigenvalue weighted by Gasteiger charge is 2.12. The van der Waals surface area contributed by atoms with Crippen molar-refractivity contribution in [3.63, 3.8) is 0 Å². The van der Waals surface area contributed by atoms with E-state index in [1.54, 1.807) is 36.6 Å². The zero-order chi connectivity index (χ0) is 15.5. The molecular formula is C19H16O3. The Morgan fingerprint density at radius 2 is 1.50 bits per heavy atom. The molecule has 0 saturated carbocycles. The maximum Gasteiger partial charge on any atom is 0.163 e. The predicted octanol–water partition coefficient (Wildman–Crippen LogP) is 4.59. The number of furan rings is 1. The van der Waals surface area contributed by atoms with E-state index in [0.717, 1.165) is 16.5 Å². The maximum atomic E-state index is 12.2. The first-order valence-corrected chi connectivity index (χ1v) is 7.24. The molecule has 0 spiro atoms. The van der Waals surface area contributed by atoms with E-state index in [1.165, 1.54) is 0 Å². The number of rotatable bonds is 5. The van der Waals surface area contributed by atoms with Crippen LogP contribution in [0.25, 0.3) is 11.0 Å². The molecule has 3 nitrogen and oxygen atoms in total. The minimum atomic E-state index is -0.0245. The highest BCUT2D eigenvalue weighted by atomic mass is 16.3. The van der Waals surface area contributed by atoms with Gasteiger partial charge in [0, 0.05) is 29.4 Å². The number of ketones is 2. The SMILES string of the molecule is Cc1ccc(C(=O)CCC(=O)c2ccc3occc3c2)cc1. The number of benzene rings is 2. The number of Topliss-reactive ketones (excluding diaryl/α,β-unsaturated/α-hetero) is 2. The second kappa shape index (κ2) is 5.98. The second-order valence-corrected chi connectivity index (χ2v) is 5.39. The van der Waals surface area contributed by atoms with Gasteiger partial charge >= 0.3 is 0 Å². The average Bonchev–Trinajstić information content (AvgIpc) is 3.00. The van der Waals surface area contributed by atoms with Gasteiger partial charge in [0.1, 0.15) is 5.58 Å². The van der Waals surface area contributed by atoms with Crippen LogP contribution in [0.2, 0.25) is 0 Å².